The Morgan fingerprint density at radius 3 is 2.56 bits per heavy atom. The summed E-state index contributed by atoms with van der Waals surface area (Å²) in [7, 11) is 0. The van der Waals surface area contributed by atoms with Gasteiger partial charge in [0.1, 0.15) is 17.2 Å². The van der Waals surface area contributed by atoms with Gasteiger partial charge in [0.05, 0.1) is 5.02 Å². The number of nitrogens with one attached hydrogen (secondary N) is 2. The van der Waals surface area contributed by atoms with Crippen LogP contribution in [0.15, 0.2) is 51.8 Å². The molecule has 2 aromatic heterocycles. The number of esters is 1. The van der Waals surface area contributed by atoms with E-state index in [0.717, 1.165) is 22.0 Å². The molecule has 4 rings (SSSR count). The minimum absolute atomic E-state index is 0.00971. The number of hydrogen-bond acceptors (Lipinski definition) is 6. The van der Waals surface area contributed by atoms with Crippen LogP contribution in [0.25, 0.3) is 21.9 Å². The number of H-pyrrole nitrogens is 1. The van der Waals surface area contributed by atoms with E-state index in [0.29, 0.717) is 10.9 Å². The molecule has 0 saturated carbocycles. The van der Waals surface area contributed by atoms with Crippen LogP contribution in [0.5, 0.6) is 5.75 Å². The van der Waals surface area contributed by atoms with Crippen molar-refractivity contribution in [3.63, 3.8) is 0 Å². The number of hydrogen-bond donors (Lipinski definition) is 2. The number of fused-ring (bicyclic) bond motifs is 2. The fourth-order valence-electron chi connectivity index (χ4n) is 3.86. The van der Waals surface area contributed by atoms with Crippen LogP contribution >= 0.6 is 11.6 Å². The van der Waals surface area contributed by atoms with Crippen molar-refractivity contribution in [2.75, 3.05) is 0 Å². The van der Waals surface area contributed by atoms with Crippen molar-refractivity contribution >= 4 is 45.5 Å². The van der Waals surface area contributed by atoms with Crippen LogP contribution in [0.2, 0.25) is 5.02 Å². The molecule has 2 heterocycles. The van der Waals surface area contributed by atoms with E-state index in [1.54, 1.807) is 46.9 Å². The number of aromatic nitrogens is 1. The number of carbonyl (C=O) groups is 2. The molecule has 0 aliphatic rings. The van der Waals surface area contributed by atoms with Gasteiger partial charge < -0.3 is 24.2 Å². The number of aromatic amines is 1. The van der Waals surface area contributed by atoms with Crippen molar-refractivity contribution in [2.45, 2.75) is 52.7 Å². The zero-order valence-corrected chi connectivity index (χ0v) is 21.4. The maximum absolute atomic E-state index is 13.3. The summed E-state index contributed by atoms with van der Waals surface area (Å²) in [6.07, 6.45) is 1.16. The van der Waals surface area contributed by atoms with E-state index in [4.69, 9.17) is 25.5 Å². The second-order valence-electron chi connectivity index (χ2n) is 9.60. The number of rotatable bonds is 5. The summed E-state index contributed by atoms with van der Waals surface area (Å²) in [5, 5.41) is 4.33. The third kappa shape index (κ3) is 5.39. The molecular formula is C27H27ClN2O6. The van der Waals surface area contributed by atoms with Gasteiger partial charge in [0.25, 0.3) is 0 Å². The molecule has 0 spiro atoms. The van der Waals surface area contributed by atoms with E-state index in [1.165, 1.54) is 6.07 Å². The molecule has 2 aromatic carbocycles. The highest BCUT2D eigenvalue weighted by Gasteiger charge is 2.28. The number of carbonyl (C=O) groups excluding carboxylic acids is 2. The van der Waals surface area contributed by atoms with Crippen LogP contribution in [-0.4, -0.2) is 28.7 Å². The smallest absolute Gasteiger partial charge is 0.408 e. The molecule has 1 amide bonds. The normalized spacial score (nSPS) is 12.5. The Bertz CT molecular complexity index is 1530. The van der Waals surface area contributed by atoms with Crippen LogP contribution in [0, 0.1) is 13.8 Å². The molecule has 36 heavy (non-hydrogen) atoms. The third-order valence-electron chi connectivity index (χ3n) is 5.79. The van der Waals surface area contributed by atoms with Crippen molar-refractivity contribution in [1.29, 1.82) is 0 Å². The lowest BCUT2D eigenvalue weighted by Gasteiger charge is -2.23. The van der Waals surface area contributed by atoms with Crippen LogP contribution in [0.1, 0.15) is 37.5 Å². The Morgan fingerprint density at radius 2 is 1.83 bits per heavy atom. The van der Waals surface area contributed by atoms with Crippen molar-refractivity contribution < 1.29 is 23.5 Å². The molecule has 1 atom stereocenters. The summed E-state index contributed by atoms with van der Waals surface area (Å²) in [6, 6.07) is 9.53. The van der Waals surface area contributed by atoms with E-state index in [-0.39, 0.29) is 22.8 Å². The maximum Gasteiger partial charge on any atom is 0.408 e. The van der Waals surface area contributed by atoms with E-state index in [9.17, 15) is 14.4 Å². The molecule has 0 bridgehead atoms. The summed E-state index contributed by atoms with van der Waals surface area (Å²) in [6.45, 7) is 8.64. The van der Waals surface area contributed by atoms with Gasteiger partial charge >= 0.3 is 17.7 Å². The van der Waals surface area contributed by atoms with Crippen LogP contribution in [0.3, 0.4) is 0 Å². The molecule has 9 heteroatoms. The summed E-state index contributed by atoms with van der Waals surface area (Å²) in [5.74, 6) is -0.742. The van der Waals surface area contributed by atoms with Crippen molar-refractivity contribution in [2.24, 2.45) is 0 Å². The number of amides is 1. The lowest BCUT2D eigenvalue weighted by atomic mass is 10.0. The fourth-order valence-corrected chi connectivity index (χ4v) is 4.07. The summed E-state index contributed by atoms with van der Waals surface area (Å²) in [4.78, 5) is 41.1. The second-order valence-corrected chi connectivity index (χ2v) is 10.0. The fraction of sp³-hybridized carbons (Fsp3) is 0.296. The Labute approximate surface area is 212 Å². The zero-order chi connectivity index (χ0) is 26.2. The first-order chi connectivity index (χ1) is 16.9. The minimum Gasteiger partial charge on any atom is -0.444 e. The first-order valence-electron chi connectivity index (χ1n) is 11.4. The van der Waals surface area contributed by atoms with E-state index in [1.807, 2.05) is 24.3 Å². The van der Waals surface area contributed by atoms with Crippen molar-refractivity contribution in [3.05, 3.63) is 74.7 Å². The second kappa shape index (κ2) is 9.70. The molecule has 188 valence electrons. The minimum atomic E-state index is -1.09. The van der Waals surface area contributed by atoms with Crippen molar-refractivity contribution in [3.8, 4) is 5.75 Å². The average molecular weight is 511 g/mol. The van der Waals surface area contributed by atoms with E-state index < -0.39 is 29.3 Å². The van der Waals surface area contributed by atoms with Crippen molar-refractivity contribution in [1.82, 2.24) is 10.3 Å². The Morgan fingerprint density at radius 1 is 1.11 bits per heavy atom. The molecule has 8 nitrogen and oxygen atoms in total. The summed E-state index contributed by atoms with van der Waals surface area (Å²) < 4.78 is 16.3. The zero-order valence-electron chi connectivity index (χ0n) is 20.7. The Kier molecular flexibility index (Phi) is 6.82. The summed E-state index contributed by atoms with van der Waals surface area (Å²) in [5.41, 5.74) is 1.91. The lowest BCUT2D eigenvalue weighted by Crippen LogP contribution is -2.46. The molecule has 4 aromatic rings. The van der Waals surface area contributed by atoms with E-state index >= 15 is 0 Å². The van der Waals surface area contributed by atoms with Gasteiger partial charge in [-0.05, 0) is 57.9 Å². The largest absolute Gasteiger partial charge is 0.444 e. The van der Waals surface area contributed by atoms with Gasteiger partial charge in [-0.25, -0.2) is 14.4 Å². The molecule has 0 aliphatic heterocycles. The van der Waals surface area contributed by atoms with Gasteiger partial charge in [-0.2, -0.15) is 0 Å². The first-order valence-corrected chi connectivity index (χ1v) is 11.8. The predicted octanol–water partition coefficient (Wildman–Crippen LogP) is 5.59. The van der Waals surface area contributed by atoms with Crippen LogP contribution in [-0.2, 0) is 16.0 Å². The number of ether oxygens (including phenoxy) is 2. The predicted molar refractivity (Wildman–Crippen MR) is 138 cm³/mol. The van der Waals surface area contributed by atoms with Gasteiger partial charge in [0.2, 0.25) is 0 Å². The SMILES string of the molecule is Cc1c(C)c2cc(Cl)c(OC(=O)[C@H](Cc3c[nH]c4ccccc34)NC(=O)OC(C)(C)C)cc2oc1=O. The lowest BCUT2D eigenvalue weighted by molar-refractivity contribution is -0.136. The standard InChI is InChI=1S/C27H27ClN2O6/c1-14-15(2)24(31)34-22-12-23(19(28)11-18(14)22)35-25(32)21(30-26(33)36-27(3,4)5)10-16-13-29-20-9-7-6-8-17(16)20/h6-9,11-13,21,29H,10H2,1-5H3,(H,30,33)/t21-/m0/s1. The molecule has 0 saturated heterocycles. The van der Waals surface area contributed by atoms with Crippen LogP contribution < -0.4 is 15.7 Å². The highest BCUT2D eigenvalue weighted by Crippen LogP contribution is 2.32. The molecule has 0 unspecified atom stereocenters. The molecule has 0 aliphatic carbocycles. The Hall–Kier alpha value is -3.78. The van der Waals surface area contributed by atoms with Gasteiger partial charge in [-0.3, -0.25) is 0 Å². The monoisotopic (exact) mass is 510 g/mol. The maximum atomic E-state index is 13.3. The molecule has 0 radical (unpaired) electrons. The molecule has 2 N–H and O–H groups in total. The summed E-state index contributed by atoms with van der Waals surface area (Å²) >= 11 is 6.42. The quantitative estimate of drug-likeness (QED) is 0.206. The highest BCUT2D eigenvalue weighted by molar-refractivity contribution is 6.33. The van der Waals surface area contributed by atoms with Gasteiger partial charge in [0.15, 0.2) is 5.75 Å². The van der Waals surface area contributed by atoms with Crippen LogP contribution in [0.4, 0.5) is 4.79 Å². The number of benzene rings is 2. The average Bonchev–Trinajstić information content (AvgIpc) is 3.20. The van der Waals surface area contributed by atoms with Gasteiger partial charge in [-0.1, -0.05) is 29.8 Å². The number of para-hydroxylation sites is 1. The highest BCUT2D eigenvalue weighted by atomic mass is 35.5. The number of alkyl carbamates (subject to hydrolysis) is 1. The number of halogens is 1. The third-order valence-corrected chi connectivity index (χ3v) is 6.09. The van der Waals surface area contributed by atoms with Gasteiger partial charge in [-0.15, -0.1) is 0 Å². The topological polar surface area (TPSA) is 111 Å². The Balaban J connectivity index is 1.65. The number of aryl methyl sites for hydroxylation is 1. The first kappa shape index (κ1) is 25.3. The van der Waals surface area contributed by atoms with E-state index in [2.05, 4.69) is 10.3 Å². The van der Waals surface area contributed by atoms with Gasteiger partial charge in [0, 0.05) is 40.5 Å². The molecular weight excluding hydrogens is 484 g/mol. The molecule has 0 fully saturated rings.